The van der Waals surface area contributed by atoms with Crippen LogP contribution in [0.25, 0.3) is 11.1 Å². The maximum absolute atomic E-state index is 14.5. The van der Waals surface area contributed by atoms with Crippen molar-refractivity contribution in [1.29, 1.82) is 0 Å². The van der Waals surface area contributed by atoms with Gasteiger partial charge in [-0.2, -0.15) is 0 Å². The zero-order chi connectivity index (χ0) is 42.2. The Morgan fingerprint density at radius 1 is 0.934 bits per heavy atom. The lowest BCUT2D eigenvalue weighted by atomic mass is 9.55. The maximum Gasteiger partial charge on any atom is 0.239 e. The number of benzene rings is 3. The lowest BCUT2D eigenvalue weighted by molar-refractivity contribution is -0.258. The van der Waals surface area contributed by atoms with Crippen molar-refractivity contribution in [3.8, 4) is 28.4 Å². The number of unbranched alkanes of at least 4 members (excludes halogenated alkanes) is 2. The van der Waals surface area contributed by atoms with E-state index in [1.54, 1.807) is 6.08 Å². The summed E-state index contributed by atoms with van der Waals surface area (Å²) in [6, 6.07) is 24.1. The Morgan fingerprint density at radius 2 is 1.69 bits per heavy atom. The minimum Gasteiger partial charge on any atom is -0.459 e. The van der Waals surface area contributed by atoms with Gasteiger partial charge in [0, 0.05) is 50.0 Å². The molecule has 1 saturated heterocycles. The van der Waals surface area contributed by atoms with Gasteiger partial charge in [-0.05, 0) is 117 Å². The largest absolute Gasteiger partial charge is 0.459 e. The van der Waals surface area contributed by atoms with Crippen molar-refractivity contribution in [1.82, 2.24) is 4.90 Å². The SMILES string of the molecule is C=CCOC12Oc3ccc(Oc4ccc(-c5ccccc5)cc4)cc3C3C(CCCCO)C(CCCCO)C=C(C(=NOC4CCCCO4)CC1N(CCC)C(=O)C1CC1)C32. The fraction of sp³-hybridized carbons (Fsp3) is 0.529. The number of carbonyl (C=O) groups is 1. The summed E-state index contributed by atoms with van der Waals surface area (Å²) in [6.07, 6.45) is 14.3. The Labute approximate surface area is 361 Å². The normalized spacial score (nSPS) is 27.3. The van der Waals surface area contributed by atoms with E-state index in [0.29, 0.717) is 43.9 Å². The molecule has 0 spiro atoms. The molecule has 3 aliphatic carbocycles. The third-order valence-electron chi connectivity index (χ3n) is 13.3. The monoisotopic (exact) mass is 832 g/mol. The van der Waals surface area contributed by atoms with Crippen LogP contribution in [0.3, 0.4) is 0 Å². The highest BCUT2D eigenvalue weighted by Crippen LogP contribution is 2.62. The standard InChI is InChI=1S/C51H64N2O8/c1-3-27-53(50(56)37-19-20-37)46-34-44(52-61-47-18-10-13-31-57-47)42-32-38(16-8-11-28-54)41(17-9-12-29-55)48-43-33-40(25-26-45(43)60-51(46,49(42)48)58-30-4-2)59-39-23-21-36(22-24-39)35-14-6-5-7-15-35/h4-7,14-15,21-26,32-33,37-38,41,46-49,54-55H,2-3,8-13,16-20,27-31,34H2,1H3. The van der Waals surface area contributed by atoms with Crippen LogP contribution in [-0.4, -0.2) is 77.8 Å². The smallest absolute Gasteiger partial charge is 0.239 e. The van der Waals surface area contributed by atoms with Crippen LogP contribution in [-0.2, 0) is 19.1 Å². The van der Waals surface area contributed by atoms with Crippen molar-refractivity contribution in [2.24, 2.45) is 28.8 Å². The molecule has 2 aliphatic heterocycles. The second-order valence-corrected chi connectivity index (χ2v) is 17.5. The number of rotatable bonds is 20. The lowest BCUT2D eigenvalue weighted by Crippen LogP contribution is -2.70. The van der Waals surface area contributed by atoms with Gasteiger partial charge in [-0.25, -0.2) is 0 Å². The molecule has 8 rings (SSSR count). The van der Waals surface area contributed by atoms with Crippen molar-refractivity contribution in [3.05, 3.63) is 103 Å². The van der Waals surface area contributed by atoms with Crippen molar-refractivity contribution in [2.75, 3.05) is 33.0 Å². The quantitative estimate of drug-likeness (QED) is 0.0657. The number of aliphatic hydroxyl groups excluding tert-OH is 2. The Balaban J connectivity index is 1.27. The molecule has 7 unspecified atom stereocenters. The molecule has 5 aliphatic rings. The van der Waals surface area contributed by atoms with Gasteiger partial charge in [0.25, 0.3) is 0 Å². The summed E-state index contributed by atoms with van der Waals surface area (Å²) in [5, 5.41) is 24.9. The van der Waals surface area contributed by atoms with E-state index in [1.165, 1.54) is 0 Å². The Hall–Kier alpha value is -4.48. The van der Waals surface area contributed by atoms with E-state index in [4.69, 9.17) is 28.9 Å². The predicted octanol–water partition coefficient (Wildman–Crippen LogP) is 9.95. The topological polar surface area (TPSA) is 119 Å². The molecule has 10 nitrogen and oxygen atoms in total. The number of aliphatic hydroxyl groups is 2. The fourth-order valence-electron chi connectivity index (χ4n) is 10.3. The number of allylic oxidation sites excluding steroid dienone is 1. The third-order valence-corrected chi connectivity index (χ3v) is 13.3. The van der Waals surface area contributed by atoms with Crippen LogP contribution in [0.2, 0.25) is 0 Å². The molecule has 326 valence electrons. The zero-order valence-corrected chi connectivity index (χ0v) is 35.8. The van der Waals surface area contributed by atoms with Crippen molar-refractivity contribution >= 4 is 11.6 Å². The molecule has 7 atom stereocenters. The Morgan fingerprint density at radius 3 is 2.39 bits per heavy atom. The van der Waals surface area contributed by atoms with Crippen LogP contribution in [0.1, 0.15) is 102 Å². The first kappa shape index (κ1) is 43.2. The highest BCUT2D eigenvalue weighted by Gasteiger charge is 2.65. The number of ether oxygens (including phenoxy) is 4. The molecule has 3 fully saturated rings. The molecule has 1 amide bonds. The molecule has 2 heterocycles. The average molecular weight is 833 g/mol. The summed E-state index contributed by atoms with van der Waals surface area (Å²) < 4.78 is 27.2. The van der Waals surface area contributed by atoms with Gasteiger partial charge in [0.05, 0.1) is 24.8 Å². The minimum atomic E-state index is -1.27. The molecular formula is C51H64N2O8. The van der Waals surface area contributed by atoms with Crippen LogP contribution in [0.15, 0.2) is 102 Å². The first-order chi connectivity index (χ1) is 30.0. The maximum atomic E-state index is 14.5. The van der Waals surface area contributed by atoms with Gasteiger partial charge in [0.1, 0.15) is 23.3 Å². The summed E-state index contributed by atoms with van der Waals surface area (Å²) in [7, 11) is 0. The van der Waals surface area contributed by atoms with Gasteiger partial charge in [-0.1, -0.05) is 79.5 Å². The number of carbonyl (C=O) groups excluding carboxylic acids is 1. The van der Waals surface area contributed by atoms with E-state index in [9.17, 15) is 15.0 Å². The van der Waals surface area contributed by atoms with E-state index in [-0.39, 0.29) is 55.3 Å². The van der Waals surface area contributed by atoms with Gasteiger partial charge in [-0.3, -0.25) is 4.79 Å². The van der Waals surface area contributed by atoms with Crippen LogP contribution >= 0.6 is 0 Å². The van der Waals surface area contributed by atoms with Crippen molar-refractivity contribution < 1.29 is 38.8 Å². The number of hydrogen-bond donors (Lipinski definition) is 2. The molecule has 61 heavy (non-hydrogen) atoms. The predicted molar refractivity (Wildman–Crippen MR) is 236 cm³/mol. The molecule has 0 aromatic heterocycles. The van der Waals surface area contributed by atoms with Crippen LogP contribution < -0.4 is 9.47 Å². The number of hydrogen-bond acceptors (Lipinski definition) is 9. The summed E-state index contributed by atoms with van der Waals surface area (Å²) in [5.41, 5.74) is 5.11. The summed E-state index contributed by atoms with van der Waals surface area (Å²) in [4.78, 5) is 22.8. The van der Waals surface area contributed by atoms with Gasteiger partial charge in [0.2, 0.25) is 18.0 Å². The van der Waals surface area contributed by atoms with Crippen molar-refractivity contribution in [2.45, 2.75) is 114 Å². The lowest BCUT2D eigenvalue weighted by Gasteiger charge is -2.60. The van der Waals surface area contributed by atoms with Gasteiger partial charge in [0.15, 0.2) is 0 Å². The molecule has 2 N–H and O–H groups in total. The Bertz CT molecular complexity index is 1990. The van der Waals surface area contributed by atoms with Crippen LogP contribution in [0.4, 0.5) is 0 Å². The molecule has 0 radical (unpaired) electrons. The van der Waals surface area contributed by atoms with E-state index in [2.05, 4.69) is 49.9 Å². The highest BCUT2D eigenvalue weighted by molar-refractivity contribution is 6.03. The Kier molecular flexibility index (Phi) is 14.3. The van der Waals surface area contributed by atoms with Gasteiger partial charge in [-0.15, -0.1) is 6.58 Å². The van der Waals surface area contributed by atoms with E-state index < -0.39 is 18.1 Å². The fourth-order valence-corrected chi connectivity index (χ4v) is 10.3. The number of nitrogens with zero attached hydrogens (tertiary/aromatic N) is 2. The van der Waals surface area contributed by atoms with Gasteiger partial charge >= 0.3 is 0 Å². The average Bonchev–Trinajstić information content (AvgIpc) is 4.15. The molecule has 3 aromatic rings. The molecule has 10 heteroatoms. The molecule has 2 saturated carbocycles. The second kappa shape index (κ2) is 20.1. The van der Waals surface area contributed by atoms with Crippen LogP contribution in [0, 0.1) is 23.7 Å². The first-order valence-corrected chi connectivity index (χ1v) is 23.0. The minimum absolute atomic E-state index is 0.00569. The van der Waals surface area contributed by atoms with Crippen molar-refractivity contribution in [3.63, 3.8) is 0 Å². The van der Waals surface area contributed by atoms with E-state index in [0.717, 1.165) is 97.9 Å². The summed E-state index contributed by atoms with van der Waals surface area (Å²) >= 11 is 0. The summed E-state index contributed by atoms with van der Waals surface area (Å²) in [5.74, 6) is 0.770. The van der Waals surface area contributed by atoms with E-state index >= 15 is 0 Å². The van der Waals surface area contributed by atoms with Gasteiger partial charge < -0.3 is 38.9 Å². The molecular weight excluding hydrogens is 769 g/mol. The zero-order valence-electron chi connectivity index (χ0n) is 35.8. The number of amides is 1. The third kappa shape index (κ3) is 9.48. The summed E-state index contributed by atoms with van der Waals surface area (Å²) in [6.45, 7) is 7.87. The van der Waals surface area contributed by atoms with Crippen LogP contribution in [0.5, 0.6) is 17.2 Å². The first-order valence-electron chi connectivity index (χ1n) is 23.0. The molecule has 0 bridgehead atoms. The van der Waals surface area contributed by atoms with E-state index in [1.807, 2.05) is 47.4 Å². The highest BCUT2D eigenvalue weighted by atomic mass is 16.8. The molecule has 3 aromatic carbocycles. The number of fused-ring (bicyclic) bond motifs is 2. The second-order valence-electron chi connectivity index (χ2n) is 17.5. The number of oxime groups is 1.